The highest BCUT2D eigenvalue weighted by molar-refractivity contribution is 7.15. The van der Waals surface area contributed by atoms with Gasteiger partial charge >= 0.3 is 11.9 Å². The van der Waals surface area contributed by atoms with E-state index in [2.05, 4.69) is 18.8 Å². The molecule has 264 valence electrons. The smallest absolute Gasteiger partial charge is 0.350 e. The highest BCUT2D eigenvalue weighted by atomic mass is 32.1. The third-order valence-corrected chi connectivity index (χ3v) is 10.5. The SMILES string of the molecule is COC(=O)c1sc(C#CC(C)(C)C)cc1N(C(=O)[C@H]1CC[C@H](C)CC1)[C@H]1CC[C@H](O[C@H]2COC[C@@H]2OC(=O)c2ccc([N+](=O)[O-])cc2)CC1. The molecule has 2 heterocycles. The number of nitro groups is 1. The lowest BCUT2D eigenvalue weighted by molar-refractivity contribution is -0.384. The van der Waals surface area contributed by atoms with Crippen LogP contribution in [-0.4, -0.2) is 67.4 Å². The molecule has 2 aromatic rings. The Bertz CT molecular complexity index is 1570. The van der Waals surface area contributed by atoms with Crippen LogP contribution in [0.5, 0.6) is 0 Å². The summed E-state index contributed by atoms with van der Waals surface area (Å²) in [6.07, 6.45) is 5.11. The van der Waals surface area contributed by atoms with Gasteiger partial charge in [0, 0.05) is 29.5 Å². The molecule has 0 spiro atoms. The molecule has 0 unspecified atom stereocenters. The molecule has 0 radical (unpaired) electrons. The van der Waals surface area contributed by atoms with Gasteiger partial charge in [-0.3, -0.25) is 14.9 Å². The Hall–Kier alpha value is -3.79. The predicted octanol–water partition coefficient (Wildman–Crippen LogP) is 6.95. The minimum absolute atomic E-state index is 0.0527. The van der Waals surface area contributed by atoms with Gasteiger partial charge in [-0.05, 0) is 96.3 Å². The molecule has 1 saturated heterocycles. The monoisotopic (exact) mass is 694 g/mol. The summed E-state index contributed by atoms with van der Waals surface area (Å²) in [5.74, 6) is 5.92. The zero-order valence-corrected chi connectivity index (χ0v) is 29.7. The minimum atomic E-state index is -0.617. The Morgan fingerprint density at radius 1 is 0.959 bits per heavy atom. The summed E-state index contributed by atoms with van der Waals surface area (Å²) in [4.78, 5) is 53.7. The van der Waals surface area contributed by atoms with Crippen LogP contribution in [0.2, 0.25) is 0 Å². The fraction of sp³-hybridized carbons (Fsp3) is 0.595. The first-order valence-electron chi connectivity index (χ1n) is 17.1. The second-order valence-electron chi connectivity index (χ2n) is 14.4. The van der Waals surface area contributed by atoms with Crippen molar-refractivity contribution < 1.29 is 38.3 Å². The number of ether oxygens (including phenoxy) is 4. The van der Waals surface area contributed by atoms with Gasteiger partial charge in [-0.1, -0.05) is 18.8 Å². The van der Waals surface area contributed by atoms with Gasteiger partial charge in [-0.2, -0.15) is 0 Å². The Morgan fingerprint density at radius 2 is 1.61 bits per heavy atom. The summed E-state index contributed by atoms with van der Waals surface area (Å²) >= 11 is 1.26. The molecule has 2 atom stereocenters. The zero-order valence-electron chi connectivity index (χ0n) is 28.9. The number of rotatable bonds is 9. The molecule has 1 aliphatic heterocycles. The molecule has 1 amide bonds. The molecule has 2 saturated carbocycles. The zero-order chi connectivity index (χ0) is 35.3. The number of hydrogen-bond donors (Lipinski definition) is 0. The Kier molecular flexibility index (Phi) is 11.8. The highest BCUT2D eigenvalue weighted by Crippen LogP contribution is 2.40. The summed E-state index contributed by atoms with van der Waals surface area (Å²) in [7, 11) is 1.35. The van der Waals surface area contributed by atoms with E-state index in [9.17, 15) is 24.5 Å². The van der Waals surface area contributed by atoms with Crippen LogP contribution in [0.15, 0.2) is 30.3 Å². The molecule has 12 heteroatoms. The molecule has 0 N–H and O–H groups in total. The van der Waals surface area contributed by atoms with Crippen molar-refractivity contribution in [2.75, 3.05) is 25.2 Å². The average molecular weight is 695 g/mol. The molecule has 5 rings (SSSR count). The van der Waals surface area contributed by atoms with Crippen LogP contribution in [0.3, 0.4) is 0 Å². The van der Waals surface area contributed by atoms with Crippen LogP contribution in [0.1, 0.15) is 104 Å². The summed E-state index contributed by atoms with van der Waals surface area (Å²) in [6, 6.07) is 7.01. The fourth-order valence-corrected chi connectivity index (χ4v) is 7.59. The van der Waals surface area contributed by atoms with Gasteiger partial charge < -0.3 is 23.8 Å². The maximum Gasteiger partial charge on any atom is 0.350 e. The van der Waals surface area contributed by atoms with Gasteiger partial charge in [-0.15, -0.1) is 11.3 Å². The lowest BCUT2D eigenvalue weighted by Crippen LogP contribution is -2.47. The molecule has 0 bridgehead atoms. The minimum Gasteiger partial charge on any atom is -0.465 e. The molecule has 3 aliphatic rings. The van der Waals surface area contributed by atoms with Crippen molar-refractivity contribution in [3.63, 3.8) is 0 Å². The Morgan fingerprint density at radius 3 is 2.22 bits per heavy atom. The first-order chi connectivity index (χ1) is 23.3. The maximum absolute atomic E-state index is 14.4. The van der Waals surface area contributed by atoms with Gasteiger partial charge in [0.25, 0.3) is 5.69 Å². The normalized spacial score (nSPS) is 25.5. The van der Waals surface area contributed by atoms with Crippen LogP contribution in [0, 0.1) is 39.2 Å². The number of anilines is 1. The first-order valence-corrected chi connectivity index (χ1v) is 17.9. The molecular weight excluding hydrogens is 648 g/mol. The van der Waals surface area contributed by atoms with Crippen molar-refractivity contribution in [2.24, 2.45) is 17.3 Å². The number of carbonyl (C=O) groups is 3. The lowest BCUT2D eigenvalue weighted by Gasteiger charge is -2.40. The van der Waals surface area contributed by atoms with E-state index >= 15 is 0 Å². The topological polar surface area (TPSA) is 135 Å². The van der Waals surface area contributed by atoms with Gasteiger partial charge in [0.2, 0.25) is 5.91 Å². The number of methoxy groups -OCH3 is 1. The van der Waals surface area contributed by atoms with Crippen molar-refractivity contribution >= 4 is 40.6 Å². The Balaban J connectivity index is 1.30. The van der Waals surface area contributed by atoms with Crippen molar-refractivity contribution in [3.8, 4) is 11.8 Å². The van der Waals surface area contributed by atoms with Crippen molar-refractivity contribution in [1.82, 2.24) is 0 Å². The predicted molar refractivity (Wildman–Crippen MR) is 185 cm³/mol. The number of thiophene rings is 1. The van der Waals surface area contributed by atoms with Crippen LogP contribution >= 0.6 is 11.3 Å². The van der Waals surface area contributed by atoms with Gasteiger partial charge in [-0.25, -0.2) is 9.59 Å². The number of non-ortho nitro benzene ring substituents is 1. The summed E-state index contributed by atoms with van der Waals surface area (Å²) in [5, 5.41) is 11.0. The number of hydrogen-bond acceptors (Lipinski definition) is 10. The number of carbonyl (C=O) groups excluding carboxylic acids is 3. The third kappa shape index (κ3) is 9.26. The quantitative estimate of drug-likeness (QED) is 0.118. The number of esters is 2. The summed E-state index contributed by atoms with van der Waals surface area (Å²) in [6.45, 7) is 8.77. The number of nitrogens with zero attached hydrogens (tertiary/aromatic N) is 2. The number of nitro benzene ring substituents is 1. The van der Waals surface area contributed by atoms with E-state index in [1.807, 2.05) is 31.7 Å². The van der Waals surface area contributed by atoms with E-state index in [0.717, 1.165) is 25.7 Å². The standard InChI is InChI=1S/C37H46N2O9S/c1-23-6-8-24(9-7-23)34(40)38(30-20-29(18-19-37(2,3)4)49-33(30)36(42)45-5)26-14-16-28(17-15-26)47-31-21-46-22-32(31)48-35(41)25-10-12-27(13-11-25)39(43)44/h10-13,20,23-24,26,28,31-32H,6-9,14-17,21-22H2,1-5H3/t23-,24-,26-,28-,31-,32-/m0/s1. The van der Waals surface area contributed by atoms with Crippen LogP contribution < -0.4 is 4.90 Å². The molecule has 49 heavy (non-hydrogen) atoms. The molecular formula is C37H46N2O9S. The van der Waals surface area contributed by atoms with Crippen LogP contribution in [-0.2, 0) is 23.7 Å². The lowest BCUT2D eigenvalue weighted by atomic mass is 9.81. The second-order valence-corrected chi connectivity index (χ2v) is 15.4. The largest absolute Gasteiger partial charge is 0.465 e. The van der Waals surface area contributed by atoms with Gasteiger partial charge in [0.1, 0.15) is 11.0 Å². The van der Waals surface area contributed by atoms with Crippen LogP contribution in [0.4, 0.5) is 11.4 Å². The van der Waals surface area contributed by atoms with E-state index in [1.54, 1.807) is 0 Å². The molecule has 1 aromatic heterocycles. The maximum atomic E-state index is 14.4. The summed E-state index contributed by atoms with van der Waals surface area (Å²) in [5.41, 5.74) is 0.447. The summed E-state index contributed by atoms with van der Waals surface area (Å²) < 4.78 is 22.9. The van der Waals surface area contributed by atoms with E-state index in [4.69, 9.17) is 18.9 Å². The molecule has 11 nitrogen and oxygen atoms in total. The van der Waals surface area contributed by atoms with E-state index in [-0.39, 0.29) is 53.9 Å². The highest BCUT2D eigenvalue weighted by Gasteiger charge is 2.40. The van der Waals surface area contributed by atoms with Crippen molar-refractivity contribution in [1.29, 1.82) is 0 Å². The fourth-order valence-electron chi connectivity index (χ4n) is 6.67. The van der Waals surface area contributed by atoms with Crippen molar-refractivity contribution in [3.05, 3.63) is 55.8 Å². The van der Waals surface area contributed by atoms with Gasteiger partial charge in [0.15, 0.2) is 6.10 Å². The van der Waals surface area contributed by atoms with Crippen molar-refractivity contribution in [2.45, 2.75) is 103 Å². The molecule has 2 aliphatic carbocycles. The van der Waals surface area contributed by atoms with Crippen LogP contribution in [0.25, 0.3) is 0 Å². The second kappa shape index (κ2) is 15.8. The van der Waals surface area contributed by atoms with Gasteiger partial charge in [0.05, 0.1) is 47.5 Å². The average Bonchev–Trinajstić information content (AvgIpc) is 3.71. The third-order valence-electron chi connectivity index (χ3n) is 9.43. The first kappa shape index (κ1) is 36.5. The van der Waals surface area contributed by atoms with E-state index in [0.29, 0.717) is 47.0 Å². The number of amides is 1. The van der Waals surface area contributed by atoms with E-state index in [1.165, 1.54) is 42.7 Å². The molecule has 3 fully saturated rings. The number of benzene rings is 1. The molecule has 1 aromatic carbocycles. The Labute approximate surface area is 291 Å². The van der Waals surface area contributed by atoms with E-state index < -0.39 is 29.1 Å².